The van der Waals surface area contributed by atoms with Crippen molar-refractivity contribution in [3.05, 3.63) is 23.8 Å². The molecule has 22 heavy (non-hydrogen) atoms. The molecule has 8 heteroatoms. The van der Waals surface area contributed by atoms with Crippen LogP contribution in [0.4, 0.5) is 8.78 Å². The quantitative estimate of drug-likeness (QED) is 0.865. The van der Waals surface area contributed by atoms with Gasteiger partial charge in [0.1, 0.15) is 0 Å². The number of rotatable bonds is 5. The van der Waals surface area contributed by atoms with Gasteiger partial charge in [-0.2, -0.15) is 8.78 Å². The number of alkyl halides is 2. The standard InChI is InChI=1S/C14H18F2N2O3.ClH/c1-20-11-5-4-9(7-12(11)21-14(15)16)13(19)18-10-3-2-6-17-8-10;/h4-5,7,10,14,17H,2-3,6,8H2,1H3,(H,18,19);1H. The Morgan fingerprint density at radius 1 is 1.41 bits per heavy atom. The van der Waals surface area contributed by atoms with Crippen molar-refractivity contribution in [3.8, 4) is 11.5 Å². The third-order valence-electron chi connectivity index (χ3n) is 3.27. The zero-order chi connectivity index (χ0) is 15.2. The number of amides is 1. The molecular weight excluding hydrogens is 318 g/mol. The molecular formula is C14H19ClF2N2O3. The highest BCUT2D eigenvalue weighted by atomic mass is 35.5. The summed E-state index contributed by atoms with van der Waals surface area (Å²) in [5.74, 6) is -0.307. The van der Waals surface area contributed by atoms with Gasteiger partial charge in [-0.05, 0) is 37.6 Å². The average Bonchev–Trinajstić information content (AvgIpc) is 2.47. The van der Waals surface area contributed by atoms with Gasteiger partial charge in [-0.1, -0.05) is 0 Å². The number of benzene rings is 1. The summed E-state index contributed by atoms with van der Waals surface area (Å²) < 4.78 is 34.0. The Bertz CT molecular complexity index is 497. The first-order valence-corrected chi connectivity index (χ1v) is 6.74. The highest BCUT2D eigenvalue weighted by Crippen LogP contribution is 2.29. The van der Waals surface area contributed by atoms with Gasteiger partial charge in [-0.15, -0.1) is 12.4 Å². The molecule has 1 unspecified atom stereocenters. The number of hydrogen-bond acceptors (Lipinski definition) is 4. The van der Waals surface area contributed by atoms with Crippen LogP contribution in [0.2, 0.25) is 0 Å². The molecule has 2 rings (SSSR count). The van der Waals surface area contributed by atoms with E-state index in [0.717, 1.165) is 19.4 Å². The van der Waals surface area contributed by atoms with Crippen LogP contribution in [0.25, 0.3) is 0 Å². The van der Waals surface area contributed by atoms with Crippen LogP contribution in [0.1, 0.15) is 23.2 Å². The van der Waals surface area contributed by atoms with E-state index in [1.165, 1.54) is 25.3 Å². The molecule has 1 heterocycles. The Balaban J connectivity index is 0.00000242. The summed E-state index contributed by atoms with van der Waals surface area (Å²) in [4.78, 5) is 12.1. The summed E-state index contributed by atoms with van der Waals surface area (Å²) in [6.07, 6.45) is 1.89. The van der Waals surface area contributed by atoms with Crippen LogP contribution in [0, 0.1) is 0 Å². The first-order valence-electron chi connectivity index (χ1n) is 6.74. The molecule has 0 spiro atoms. The van der Waals surface area contributed by atoms with Crippen molar-refractivity contribution in [3.63, 3.8) is 0 Å². The Morgan fingerprint density at radius 3 is 2.77 bits per heavy atom. The minimum Gasteiger partial charge on any atom is -0.493 e. The SMILES string of the molecule is COc1ccc(C(=O)NC2CCCNC2)cc1OC(F)F.Cl. The Hall–Kier alpha value is -1.60. The number of hydrogen-bond donors (Lipinski definition) is 2. The Morgan fingerprint density at radius 2 is 2.18 bits per heavy atom. The molecule has 5 nitrogen and oxygen atoms in total. The fourth-order valence-electron chi connectivity index (χ4n) is 2.25. The third-order valence-corrected chi connectivity index (χ3v) is 3.27. The Kier molecular flexibility index (Phi) is 7.34. The van der Waals surface area contributed by atoms with Crippen LogP contribution >= 0.6 is 12.4 Å². The number of carbonyl (C=O) groups excluding carboxylic acids is 1. The number of carbonyl (C=O) groups is 1. The van der Waals surface area contributed by atoms with E-state index in [2.05, 4.69) is 15.4 Å². The summed E-state index contributed by atoms with van der Waals surface area (Å²) in [5.41, 5.74) is 0.261. The zero-order valence-corrected chi connectivity index (χ0v) is 12.9. The number of piperidine rings is 1. The van der Waals surface area contributed by atoms with Gasteiger partial charge >= 0.3 is 6.61 Å². The van der Waals surface area contributed by atoms with E-state index in [-0.39, 0.29) is 41.4 Å². The lowest BCUT2D eigenvalue weighted by molar-refractivity contribution is -0.0512. The van der Waals surface area contributed by atoms with Crippen molar-refractivity contribution in [1.82, 2.24) is 10.6 Å². The minimum absolute atomic E-state index is 0. The molecule has 1 aromatic rings. The molecule has 1 fully saturated rings. The summed E-state index contributed by atoms with van der Waals surface area (Å²) in [7, 11) is 1.35. The van der Waals surface area contributed by atoms with E-state index in [1.807, 2.05) is 0 Å². The average molecular weight is 337 g/mol. The highest BCUT2D eigenvalue weighted by molar-refractivity contribution is 5.95. The second-order valence-corrected chi connectivity index (χ2v) is 4.76. The second-order valence-electron chi connectivity index (χ2n) is 4.76. The van der Waals surface area contributed by atoms with Gasteiger partial charge in [0, 0.05) is 18.2 Å². The van der Waals surface area contributed by atoms with Gasteiger partial charge in [0.25, 0.3) is 5.91 Å². The maximum Gasteiger partial charge on any atom is 0.387 e. The first-order chi connectivity index (χ1) is 10.1. The second kappa shape index (κ2) is 8.75. The zero-order valence-electron chi connectivity index (χ0n) is 12.1. The molecule has 1 aromatic carbocycles. The van der Waals surface area contributed by atoms with Crippen LogP contribution in [-0.2, 0) is 0 Å². The molecule has 1 amide bonds. The molecule has 1 saturated heterocycles. The van der Waals surface area contributed by atoms with Crippen molar-refractivity contribution in [2.75, 3.05) is 20.2 Å². The van der Waals surface area contributed by atoms with Crippen LogP contribution in [0.5, 0.6) is 11.5 Å². The Labute approximate surface area is 133 Å². The van der Waals surface area contributed by atoms with Crippen LogP contribution in [0.3, 0.4) is 0 Å². The van der Waals surface area contributed by atoms with Gasteiger partial charge in [0.15, 0.2) is 11.5 Å². The summed E-state index contributed by atoms with van der Waals surface area (Å²) in [5, 5.41) is 6.06. The highest BCUT2D eigenvalue weighted by Gasteiger charge is 2.18. The van der Waals surface area contributed by atoms with Crippen molar-refractivity contribution >= 4 is 18.3 Å². The summed E-state index contributed by atoms with van der Waals surface area (Å²) in [6.45, 7) is -1.32. The van der Waals surface area contributed by atoms with Gasteiger partial charge < -0.3 is 20.1 Å². The van der Waals surface area contributed by atoms with Crippen molar-refractivity contribution < 1.29 is 23.0 Å². The topological polar surface area (TPSA) is 59.6 Å². The maximum atomic E-state index is 12.4. The predicted molar refractivity (Wildman–Crippen MR) is 80.2 cm³/mol. The number of ether oxygens (including phenoxy) is 2. The van der Waals surface area contributed by atoms with Gasteiger partial charge in [-0.25, -0.2) is 0 Å². The fourth-order valence-corrected chi connectivity index (χ4v) is 2.25. The molecule has 0 aliphatic carbocycles. The van der Waals surface area contributed by atoms with Crippen LogP contribution in [0.15, 0.2) is 18.2 Å². The summed E-state index contributed by atoms with van der Waals surface area (Å²) in [6, 6.07) is 4.26. The van der Waals surface area contributed by atoms with Crippen LogP contribution < -0.4 is 20.1 Å². The minimum atomic E-state index is -2.97. The molecule has 1 atom stereocenters. The lowest BCUT2D eigenvalue weighted by atomic mass is 10.1. The lowest BCUT2D eigenvalue weighted by Gasteiger charge is -2.24. The van der Waals surface area contributed by atoms with Gasteiger partial charge in [0.05, 0.1) is 7.11 Å². The number of nitrogens with one attached hydrogen (secondary N) is 2. The molecule has 2 N–H and O–H groups in total. The molecule has 0 bridgehead atoms. The molecule has 124 valence electrons. The maximum absolute atomic E-state index is 12.4. The van der Waals surface area contributed by atoms with Crippen molar-refractivity contribution in [2.45, 2.75) is 25.5 Å². The van der Waals surface area contributed by atoms with E-state index in [1.54, 1.807) is 0 Å². The number of halogens is 3. The first kappa shape index (κ1) is 18.4. The lowest BCUT2D eigenvalue weighted by Crippen LogP contribution is -2.45. The normalized spacial score (nSPS) is 17.5. The van der Waals surface area contributed by atoms with Crippen LogP contribution in [-0.4, -0.2) is 38.8 Å². The largest absolute Gasteiger partial charge is 0.493 e. The van der Waals surface area contributed by atoms with E-state index in [0.29, 0.717) is 6.54 Å². The van der Waals surface area contributed by atoms with E-state index in [9.17, 15) is 13.6 Å². The molecule has 0 saturated carbocycles. The van der Waals surface area contributed by atoms with E-state index in [4.69, 9.17) is 4.74 Å². The molecule has 0 aromatic heterocycles. The fraction of sp³-hybridized carbons (Fsp3) is 0.500. The molecule has 0 radical (unpaired) electrons. The summed E-state index contributed by atoms with van der Waals surface area (Å²) >= 11 is 0. The van der Waals surface area contributed by atoms with E-state index < -0.39 is 6.61 Å². The molecule has 1 aliphatic rings. The van der Waals surface area contributed by atoms with Crippen molar-refractivity contribution in [2.24, 2.45) is 0 Å². The van der Waals surface area contributed by atoms with Gasteiger partial charge in [0.2, 0.25) is 0 Å². The number of methoxy groups -OCH3 is 1. The smallest absolute Gasteiger partial charge is 0.387 e. The molecule has 1 aliphatic heterocycles. The van der Waals surface area contributed by atoms with Gasteiger partial charge in [-0.3, -0.25) is 4.79 Å². The predicted octanol–water partition coefficient (Wildman–Crippen LogP) is 2.20. The van der Waals surface area contributed by atoms with E-state index >= 15 is 0 Å². The third kappa shape index (κ3) is 4.99. The monoisotopic (exact) mass is 336 g/mol. The van der Waals surface area contributed by atoms with Crippen molar-refractivity contribution in [1.29, 1.82) is 0 Å².